The fourth-order valence-corrected chi connectivity index (χ4v) is 2.92. The van der Waals surface area contributed by atoms with Crippen LogP contribution in [0.2, 0.25) is 0 Å². The van der Waals surface area contributed by atoms with Crippen LogP contribution in [0.1, 0.15) is 41.5 Å². The van der Waals surface area contributed by atoms with Gasteiger partial charge < -0.3 is 10.6 Å². The Morgan fingerprint density at radius 1 is 0.722 bits per heavy atom. The maximum atomic E-state index is 11.9. The molecule has 98 valence electrons. The lowest BCUT2D eigenvalue weighted by atomic mass is 9.72. The molecule has 2 aliphatic heterocycles. The first-order valence-electron chi connectivity index (χ1n) is 6.16. The van der Waals surface area contributed by atoms with Crippen molar-refractivity contribution in [3.8, 4) is 0 Å². The number of carbonyl (C=O) groups is 2. The molecule has 18 heavy (non-hydrogen) atoms. The number of hydrogen-bond acceptors (Lipinski definition) is 2. The molecular weight excluding hydrogens is 228 g/mol. The van der Waals surface area contributed by atoms with Gasteiger partial charge in [-0.25, -0.2) is 0 Å². The molecule has 2 atom stereocenters. The van der Waals surface area contributed by atoms with Crippen LogP contribution in [0.3, 0.4) is 0 Å². The Kier molecular flexibility index (Phi) is 2.48. The van der Waals surface area contributed by atoms with E-state index < -0.39 is 11.1 Å². The van der Waals surface area contributed by atoms with Gasteiger partial charge in [-0.15, -0.1) is 0 Å². The van der Waals surface area contributed by atoms with Crippen molar-refractivity contribution < 1.29 is 9.59 Å². The summed E-state index contributed by atoms with van der Waals surface area (Å²) < 4.78 is 0. The fraction of sp³-hybridized carbons (Fsp3) is 0.571. The van der Waals surface area contributed by atoms with Gasteiger partial charge in [0.1, 0.15) is 0 Å². The van der Waals surface area contributed by atoms with Crippen molar-refractivity contribution >= 4 is 11.8 Å². The highest BCUT2D eigenvalue weighted by Crippen LogP contribution is 2.43. The first kappa shape index (κ1) is 12.9. The van der Waals surface area contributed by atoms with Crippen molar-refractivity contribution in [2.75, 3.05) is 0 Å². The fourth-order valence-electron chi connectivity index (χ4n) is 2.92. The molecular formula is C14H20N2O2. The molecule has 4 heteroatoms. The SMILES string of the molecule is CC1=C(C)C(C)(C2(C)NC(=O)C(C)=C2C)NC1=O. The molecule has 0 aliphatic carbocycles. The molecule has 0 saturated carbocycles. The van der Waals surface area contributed by atoms with E-state index >= 15 is 0 Å². The van der Waals surface area contributed by atoms with Gasteiger partial charge in [0.25, 0.3) is 0 Å². The number of amides is 2. The van der Waals surface area contributed by atoms with Crippen molar-refractivity contribution in [2.24, 2.45) is 0 Å². The number of rotatable bonds is 1. The summed E-state index contributed by atoms with van der Waals surface area (Å²) in [6.07, 6.45) is 0. The summed E-state index contributed by atoms with van der Waals surface area (Å²) >= 11 is 0. The number of hydrogen-bond donors (Lipinski definition) is 2. The van der Waals surface area contributed by atoms with E-state index in [-0.39, 0.29) is 11.8 Å². The van der Waals surface area contributed by atoms with Crippen molar-refractivity contribution in [3.63, 3.8) is 0 Å². The molecule has 0 fully saturated rings. The van der Waals surface area contributed by atoms with E-state index in [1.54, 1.807) is 0 Å². The van der Waals surface area contributed by atoms with Crippen LogP contribution in [-0.2, 0) is 9.59 Å². The molecule has 2 aliphatic rings. The molecule has 0 aromatic carbocycles. The lowest BCUT2D eigenvalue weighted by Gasteiger charge is -2.44. The topological polar surface area (TPSA) is 58.2 Å². The van der Waals surface area contributed by atoms with E-state index in [1.165, 1.54) is 0 Å². The second-order valence-corrected chi connectivity index (χ2v) is 5.66. The predicted molar refractivity (Wildman–Crippen MR) is 69.8 cm³/mol. The summed E-state index contributed by atoms with van der Waals surface area (Å²) in [6.45, 7) is 11.5. The summed E-state index contributed by atoms with van der Waals surface area (Å²) in [5.74, 6) is -0.106. The normalized spacial score (nSPS) is 36.3. The highest BCUT2D eigenvalue weighted by atomic mass is 16.2. The molecule has 0 saturated heterocycles. The molecule has 2 rings (SSSR count). The highest BCUT2D eigenvalue weighted by Gasteiger charge is 2.55. The Morgan fingerprint density at radius 2 is 1.00 bits per heavy atom. The molecule has 2 unspecified atom stereocenters. The van der Waals surface area contributed by atoms with Gasteiger partial charge in [-0.1, -0.05) is 0 Å². The lowest BCUT2D eigenvalue weighted by molar-refractivity contribution is -0.120. The predicted octanol–water partition coefficient (Wildman–Crippen LogP) is 1.44. The minimum Gasteiger partial charge on any atom is -0.341 e. The van der Waals surface area contributed by atoms with Gasteiger partial charge in [-0.05, 0) is 52.7 Å². The standard InChI is InChI=1S/C14H20N2O2/c1-7-9(3)13(5,15-11(7)17)14(6)10(4)8(2)12(18)16-14/h1-6H3,(H,15,17)(H,16,18). The summed E-state index contributed by atoms with van der Waals surface area (Å²) in [4.78, 5) is 23.7. The summed E-state index contributed by atoms with van der Waals surface area (Å²) in [5.41, 5.74) is 2.33. The summed E-state index contributed by atoms with van der Waals surface area (Å²) in [5, 5.41) is 6.04. The van der Waals surface area contributed by atoms with E-state index in [0.717, 1.165) is 22.3 Å². The van der Waals surface area contributed by atoms with Crippen LogP contribution >= 0.6 is 0 Å². The van der Waals surface area contributed by atoms with Crippen LogP contribution in [0, 0.1) is 0 Å². The van der Waals surface area contributed by atoms with Crippen molar-refractivity contribution in [1.29, 1.82) is 0 Å². The summed E-state index contributed by atoms with van der Waals surface area (Å²) in [7, 11) is 0. The zero-order chi connectivity index (χ0) is 13.9. The number of carbonyl (C=O) groups excluding carboxylic acids is 2. The Labute approximate surface area is 108 Å². The molecule has 4 nitrogen and oxygen atoms in total. The largest absolute Gasteiger partial charge is 0.341 e. The smallest absolute Gasteiger partial charge is 0.247 e. The van der Waals surface area contributed by atoms with Crippen LogP contribution < -0.4 is 10.6 Å². The number of nitrogens with one attached hydrogen (secondary N) is 2. The van der Waals surface area contributed by atoms with E-state index in [1.807, 2.05) is 41.5 Å². The van der Waals surface area contributed by atoms with Gasteiger partial charge in [0.05, 0.1) is 11.1 Å². The van der Waals surface area contributed by atoms with Crippen LogP contribution in [0.5, 0.6) is 0 Å². The quantitative estimate of drug-likeness (QED) is 0.737. The van der Waals surface area contributed by atoms with Crippen LogP contribution in [-0.4, -0.2) is 22.9 Å². The monoisotopic (exact) mass is 248 g/mol. The van der Waals surface area contributed by atoms with E-state index in [0.29, 0.717) is 0 Å². The van der Waals surface area contributed by atoms with Gasteiger partial charge in [0, 0.05) is 11.1 Å². The third kappa shape index (κ3) is 1.26. The maximum absolute atomic E-state index is 11.9. The average Bonchev–Trinajstić information content (AvgIpc) is 2.63. The molecule has 0 spiro atoms. The molecule has 2 N–H and O–H groups in total. The van der Waals surface area contributed by atoms with Gasteiger partial charge in [-0.3, -0.25) is 9.59 Å². The van der Waals surface area contributed by atoms with Crippen LogP contribution in [0.25, 0.3) is 0 Å². The zero-order valence-electron chi connectivity index (χ0n) is 11.8. The van der Waals surface area contributed by atoms with E-state index in [4.69, 9.17) is 0 Å². The van der Waals surface area contributed by atoms with Crippen molar-refractivity contribution in [2.45, 2.75) is 52.6 Å². The Morgan fingerprint density at radius 3 is 1.17 bits per heavy atom. The second kappa shape index (κ2) is 3.46. The van der Waals surface area contributed by atoms with Gasteiger partial charge >= 0.3 is 0 Å². The minimum atomic E-state index is -0.564. The van der Waals surface area contributed by atoms with E-state index in [9.17, 15) is 9.59 Å². The van der Waals surface area contributed by atoms with Crippen molar-refractivity contribution in [3.05, 3.63) is 22.3 Å². The van der Waals surface area contributed by atoms with Gasteiger partial charge in [0.15, 0.2) is 0 Å². The average molecular weight is 248 g/mol. The van der Waals surface area contributed by atoms with Crippen LogP contribution in [0.4, 0.5) is 0 Å². The van der Waals surface area contributed by atoms with Crippen molar-refractivity contribution in [1.82, 2.24) is 10.6 Å². The Hall–Kier alpha value is -1.58. The van der Waals surface area contributed by atoms with E-state index in [2.05, 4.69) is 10.6 Å². The zero-order valence-corrected chi connectivity index (χ0v) is 11.8. The Bertz CT molecular complexity index is 482. The Balaban J connectivity index is 2.58. The maximum Gasteiger partial charge on any atom is 0.247 e. The molecule has 0 aromatic rings. The molecule has 2 heterocycles. The highest BCUT2D eigenvalue weighted by molar-refractivity contribution is 6.01. The first-order valence-corrected chi connectivity index (χ1v) is 6.16. The lowest BCUT2D eigenvalue weighted by Crippen LogP contribution is -2.65. The minimum absolute atomic E-state index is 0.0529. The van der Waals surface area contributed by atoms with Gasteiger partial charge in [0.2, 0.25) is 11.8 Å². The molecule has 0 aromatic heterocycles. The molecule has 0 bridgehead atoms. The van der Waals surface area contributed by atoms with Crippen LogP contribution in [0.15, 0.2) is 22.3 Å². The first-order chi connectivity index (χ1) is 8.15. The molecule has 0 radical (unpaired) electrons. The second-order valence-electron chi connectivity index (χ2n) is 5.66. The van der Waals surface area contributed by atoms with Gasteiger partial charge in [-0.2, -0.15) is 0 Å². The third-order valence-corrected chi connectivity index (χ3v) is 5.03. The summed E-state index contributed by atoms with van der Waals surface area (Å²) in [6, 6.07) is 0. The molecule has 2 amide bonds. The third-order valence-electron chi connectivity index (χ3n) is 5.03.